The fraction of sp³-hybridized carbons (Fsp3) is 0.158. The molecule has 0 bridgehead atoms. The molecule has 3 amide bonds. The molecule has 1 aliphatic heterocycles. The maximum atomic E-state index is 13.0. The van der Waals surface area contributed by atoms with Crippen molar-refractivity contribution in [3.63, 3.8) is 0 Å². The lowest BCUT2D eigenvalue weighted by Crippen LogP contribution is -2.54. The predicted octanol–water partition coefficient (Wildman–Crippen LogP) is 4.54. The van der Waals surface area contributed by atoms with E-state index in [9.17, 15) is 9.59 Å². The van der Waals surface area contributed by atoms with Gasteiger partial charge in [-0.3, -0.25) is 4.79 Å². The molecule has 1 aliphatic rings. The fourth-order valence-corrected chi connectivity index (χ4v) is 3.19. The molecule has 0 radical (unpaired) electrons. The molecule has 2 aromatic carbocycles. The van der Waals surface area contributed by atoms with Gasteiger partial charge >= 0.3 is 6.03 Å². The minimum atomic E-state index is -0.428. The van der Waals surface area contributed by atoms with Crippen LogP contribution in [0.2, 0.25) is 0 Å². The highest BCUT2D eigenvalue weighted by Gasteiger charge is 2.42. The molecule has 1 heterocycles. The Kier molecular flexibility index (Phi) is 4.53. The average molecular weight is 385 g/mol. The van der Waals surface area contributed by atoms with Crippen LogP contribution >= 0.6 is 15.9 Å². The third-order valence-electron chi connectivity index (χ3n) is 4.10. The number of anilines is 1. The molecule has 0 saturated carbocycles. The molecule has 24 heavy (non-hydrogen) atoms. The van der Waals surface area contributed by atoms with Crippen molar-refractivity contribution in [2.45, 2.75) is 13.0 Å². The lowest BCUT2D eigenvalue weighted by molar-refractivity contribution is -0.116. The second-order valence-electron chi connectivity index (χ2n) is 5.52. The highest BCUT2D eigenvalue weighted by molar-refractivity contribution is 9.10. The van der Waals surface area contributed by atoms with E-state index < -0.39 is 6.04 Å². The van der Waals surface area contributed by atoms with E-state index in [0.717, 1.165) is 10.0 Å². The van der Waals surface area contributed by atoms with Crippen LogP contribution in [0.4, 0.5) is 10.5 Å². The summed E-state index contributed by atoms with van der Waals surface area (Å²) in [5.74, 6) is -0.360. The van der Waals surface area contributed by atoms with E-state index in [-0.39, 0.29) is 11.9 Å². The molecule has 1 saturated heterocycles. The minimum absolute atomic E-state index is 0.328. The topological polar surface area (TPSA) is 40.6 Å². The number of nitrogens with zero attached hydrogens (tertiary/aromatic N) is 2. The summed E-state index contributed by atoms with van der Waals surface area (Å²) in [4.78, 5) is 28.7. The van der Waals surface area contributed by atoms with Crippen molar-refractivity contribution < 1.29 is 9.59 Å². The van der Waals surface area contributed by atoms with E-state index in [1.807, 2.05) is 37.3 Å². The first-order valence-corrected chi connectivity index (χ1v) is 8.48. The van der Waals surface area contributed by atoms with Crippen molar-refractivity contribution in [1.82, 2.24) is 4.90 Å². The van der Waals surface area contributed by atoms with Crippen LogP contribution in [0.15, 0.2) is 71.2 Å². The maximum Gasteiger partial charge on any atom is 0.332 e. The molecular weight excluding hydrogens is 368 g/mol. The molecule has 0 unspecified atom stereocenters. The van der Waals surface area contributed by atoms with Crippen LogP contribution in [0, 0.1) is 0 Å². The molecule has 1 fully saturated rings. The molecule has 3 rings (SSSR count). The van der Waals surface area contributed by atoms with Gasteiger partial charge in [0.05, 0.1) is 11.7 Å². The van der Waals surface area contributed by atoms with Crippen LogP contribution in [0.3, 0.4) is 0 Å². The van der Waals surface area contributed by atoms with Crippen LogP contribution in [-0.4, -0.2) is 23.4 Å². The van der Waals surface area contributed by atoms with Gasteiger partial charge < -0.3 is 4.90 Å². The number of rotatable bonds is 3. The summed E-state index contributed by atoms with van der Waals surface area (Å²) in [6, 6.07) is 15.9. The lowest BCUT2D eigenvalue weighted by atomic mass is 9.95. The van der Waals surface area contributed by atoms with Crippen molar-refractivity contribution >= 4 is 33.6 Å². The first-order valence-electron chi connectivity index (χ1n) is 7.69. The average Bonchev–Trinajstić information content (AvgIpc) is 2.60. The summed E-state index contributed by atoms with van der Waals surface area (Å²) in [5.41, 5.74) is 1.83. The van der Waals surface area contributed by atoms with Gasteiger partial charge in [0.15, 0.2) is 0 Å². The SMILES string of the molecule is C=C1C(=O)N(c2ccc(Br)cc2)C(=O)N(CC)[C@@H]1c1ccccc1. The van der Waals surface area contributed by atoms with Gasteiger partial charge in [0.1, 0.15) is 0 Å². The molecule has 1 atom stereocenters. The number of carbonyl (C=O) groups excluding carboxylic acids is 2. The second kappa shape index (κ2) is 6.61. The van der Waals surface area contributed by atoms with Gasteiger partial charge in [-0.2, -0.15) is 0 Å². The number of urea groups is 1. The Bertz CT molecular complexity index is 787. The molecule has 122 valence electrons. The molecule has 0 spiro atoms. The van der Waals surface area contributed by atoms with E-state index in [2.05, 4.69) is 22.5 Å². The Morgan fingerprint density at radius 1 is 1.04 bits per heavy atom. The summed E-state index contributed by atoms with van der Waals surface area (Å²) in [6.45, 7) is 6.37. The number of likely N-dealkylation sites (N-methyl/N-ethyl adjacent to an activating group) is 1. The van der Waals surface area contributed by atoms with Crippen LogP contribution in [-0.2, 0) is 4.79 Å². The second-order valence-corrected chi connectivity index (χ2v) is 6.44. The Morgan fingerprint density at radius 3 is 2.25 bits per heavy atom. The van der Waals surface area contributed by atoms with Crippen molar-refractivity contribution in [3.05, 3.63) is 76.8 Å². The van der Waals surface area contributed by atoms with Gasteiger partial charge in [-0.15, -0.1) is 0 Å². The number of carbonyl (C=O) groups is 2. The molecular formula is C19H17BrN2O2. The van der Waals surface area contributed by atoms with Gasteiger partial charge in [-0.05, 0) is 36.8 Å². The molecule has 4 nitrogen and oxygen atoms in total. The number of hydrogen-bond acceptors (Lipinski definition) is 2. The van der Waals surface area contributed by atoms with Crippen molar-refractivity contribution in [2.24, 2.45) is 0 Å². The van der Waals surface area contributed by atoms with Crippen molar-refractivity contribution in [1.29, 1.82) is 0 Å². The fourth-order valence-electron chi connectivity index (χ4n) is 2.93. The van der Waals surface area contributed by atoms with Gasteiger partial charge in [0.25, 0.3) is 5.91 Å². The van der Waals surface area contributed by atoms with Gasteiger partial charge in [-0.25, -0.2) is 9.69 Å². The minimum Gasteiger partial charge on any atom is -0.313 e. The number of hydrogen-bond donors (Lipinski definition) is 0. The third-order valence-corrected chi connectivity index (χ3v) is 4.63. The smallest absolute Gasteiger partial charge is 0.313 e. The van der Waals surface area contributed by atoms with E-state index in [1.165, 1.54) is 4.90 Å². The first kappa shape index (κ1) is 16.5. The summed E-state index contributed by atoms with van der Waals surface area (Å²) >= 11 is 3.36. The predicted molar refractivity (Wildman–Crippen MR) is 97.7 cm³/mol. The maximum absolute atomic E-state index is 13.0. The van der Waals surface area contributed by atoms with Crippen LogP contribution < -0.4 is 4.90 Å². The Balaban J connectivity index is 2.03. The number of benzene rings is 2. The first-order chi connectivity index (χ1) is 11.5. The quantitative estimate of drug-likeness (QED) is 0.729. The monoisotopic (exact) mass is 384 g/mol. The van der Waals surface area contributed by atoms with E-state index >= 15 is 0 Å². The van der Waals surface area contributed by atoms with Crippen LogP contribution in [0.5, 0.6) is 0 Å². The molecule has 2 aromatic rings. The standard InChI is InChI=1S/C19H17BrN2O2/c1-3-21-17(14-7-5-4-6-8-14)13(2)18(23)22(19(21)24)16-11-9-15(20)10-12-16/h4-12,17H,2-3H2,1H3/t17-/m0/s1. The Labute approximate surface area is 149 Å². The summed E-state index contributed by atoms with van der Waals surface area (Å²) in [5, 5.41) is 0. The Morgan fingerprint density at radius 2 is 1.67 bits per heavy atom. The summed E-state index contributed by atoms with van der Waals surface area (Å²) in [6.07, 6.45) is 0. The van der Waals surface area contributed by atoms with E-state index in [0.29, 0.717) is 17.8 Å². The lowest BCUT2D eigenvalue weighted by Gasteiger charge is -2.41. The molecule has 0 N–H and O–H groups in total. The third kappa shape index (κ3) is 2.76. The zero-order valence-electron chi connectivity index (χ0n) is 13.3. The Hall–Kier alpha value is -2.40. The zero-order chi connectivity index (χ0) is 17.3. The number of halogens is 1. The van der Waals surface area contributed by atoms with Gasteiger partial charge in [0.2, 0.25) is 0 Å². The molecule has 0 aliphatic carbocycles. The van der Waals surface area contributed by atoms with Crippen LogP contribution in [0.25, 0.3) is 0 Å². The van der Waals surface area contributed by atoms with E-state index in [1.54, 1.807) is 29.2 Å². The van der Waals surface area contributed by atoms with Crippen LogP contribution in [0.1, 0.15) is 18.5 Å². The van der Waals surface area contributed by atoms with Crippen molar-refractivity contribution in [2.75, 3.05) is 11.4 Å². The highest BCUT2D eigenvalue weighted by atomic mass is 79.9. The van der Waals surface area contributed by atoms with Gasteiger partial charge in [0, 0.05) is 16.6 Å². The van der Waals surface area contributed by atoms with Crippen molar-refractivity contribution in [3.8, 4) is 0 Å². The molecule has 0 aromatic heterocycles. The summed E-state index contributed by atoms with van der Waals surface area (Å²) < 4.78 is 0.886. The number of imide groups is 1. The zero-order valence-corrected chi connectivity index (χ0v) is 14.9. The highest BCUT2D eigenvalue weighted by Crippen LogP contribution is 2.36. The summed E-state index contributed by atoms with van der Waals surface area (Å²) in [7, 11) is 0. The number of amides is 3. The van der Waals surface area contributed by atoms with Gasteiger partial charge in [-0.1, -0.05) is 52.8 Å². The normalized spacial score (nSPS) is 18.2. The molecule has 5 heteroatoms. The van der Waals surface area contributed by atoms with E-state index in [4.69, 9.17) is 0 Å². The largest absolute Gasteiger partial charge is 0.332 e.